The molecule has 0 fully saturated rings. The Bertz CT molecular complexity index is 442. The Morgan fingerprint density at radius 3 is 2.35 bits per heavy atom. The lowest BCUT2D eigenvalue weighted by Gasteiger charge is -2.16. The number of thioether (sulfide) groups is 1. The van der Waals surface area contributed by atoms with E-state index in [1.165, 1.54) is 16.4 Å². The third kappa shape index (κ3) is 3.70. The van der Waals surface area contributed by atoms with Gasteiger partial charge in [0, 0.05) is 19.3 Å². The van der Waals surface area contributed by atoms with Crippen LogP contribution in [0.2, 0.25) is 0 Å². The van der Waals surface area contributed by atoms with Gasteiger partial charge in [0.25, 0.3) is 0 Å². The third-order valence-corrected chi connectivity index (χ3v) is 4.89. The summed E-state index contributed by atoms with van der Waals surface area (Å²) in [7, 11) is -1.82. The van der Waals surface area contributed by atoms with Crippen LogP contribution in [0.1, 0.15) is 5.56 Å². The van der Waals surface area contributed by atoms with E-state index in [1.54, 1.807) is 30.9 Å². The van der Waals surface area contributed by atoms with Crippen molar-refractivity contribution in [3.63, 3.8) is 0 Å². The fourth-order valence-electron chi connectivity index (χ4n) is 1.29. The summed E-state index contributed by atoms with van der Waals surface area (Å²) < 4.78 is 25.5. The first kappa shape index (κ1) is 14.5. The van der Waals surface area contributed by atoms with Crippen molar-refractivity contribution in [3.05, 3.63) is 29.8 Å². The monoisotopic (exact) mass is 275 g/mol. The minimum Gasteiger partial charge on any atom is -0.392 e. The Hall–Kier alpha value is -0.560. The molecule has 0 aliphatic rings. The highest BCUT2D eigenvalue weighted by Crippen LogP contribution is 2.15. The summed E-state index contributed by atoms with van der Waals surface area (Å²) in [6.07, 6.45) is 1.94. The topological polar surface area (TPSA) is 57.6 Å². The summed E-state index contributed by atoms with van der Waals surface area (Å²) in [4.78, 5) is 0.262. The Balaban J connectivity index is 2.88. The molecule has 6 heteroatoms. The van der Waals surface area contributed by atoms with Crippen LogP contribution in [-0.4, -0.2) is 43.4 Å². The first-order valence-corrected chi connectivity index (χ1v) is 8.01. The number of aliphatic hydroxyl groups is 1. The summed E-state index contributed by atoms with van der Waals surface area (Å²) in [5, 5.41) is 8.89. The summed E-state index contributed by atoms with van der Waals surface area (Å²) in [6.45, 7) is 0.411. The van der Waals surface area contributed by atoms with Crippen molar-refractivity contribution in [3.8, 4) is 0 Å². The Kier molecular flexibility index (Phi) is 5.45. The van der Waals surface area contributed by atoms with Crippen molar-refractivity contribution in [2.24, 2.45) is 0 Å². The predicted molar refractivity (Wildman–Crippen MR) is 70.6 cm³/mol. The number of rotatable bonds is 6. The van der Waals surface area contributed by atoms with Crippen LogP contribution in [0.4, 0.5) is 0 Å². The Labute approximate surface area is 107 Å². The van der Waals surface area contributed by atoms with Gasteiger partial charge in [-0.1, -0.05) is 12.1 Å². The zero-order valence-corrected chi connectivity index (χ0v) is 11.6. The lowest BCUT2D eigenvalue weighted by atomic mass is 10.2. The highest BCUT2D eigenvalue weighted by Gasteiger charge is 2.19. The first-order chi connectivity index (χ1) is 8.02. The van der Waals surface area contributed by atoms with E-state index >= 15 is 0 Å². The maximum atomic E-state index is 12.1. The zero-order chi connectivity index (χ0) is 12.9. The number of hydrogen-bond acceptors (Lipinski definition) is 4. The van der Waals surface area contributed by atoms with Crippen LogP contribution in [0.5, 0.6) is 0 Å². The molecule has 17 heavy (non-hydrogen) atoms. The van der Waals surface area contributed by atoms with Crippen LogP contribution in [0.15, 0.2) is 29.2 Å². The van der Waals surface area contributed by atoms with Crippen LogP contribution in [0.25, 0.3) is 0 Å². The summed E-state index contributed by atoms with van der Waals surface area (Å²) in [5.41, 5.74) is 0.704. The normalized spacial score (nSPS) is 12.0. The molecule has 0 radical (unpaired) electrons. The molecule has 96 valence electrons. The molecule has 0 spiro atoms. The van der Waals surface area contributed by atoms with Gasteiger partial charge in [0.05, 0.1) is 11.5 Å². The van der Waals surface area contributed by atoms with Gasteiger partial charge in [-0.2, -0.15) is 11.8 Å². The van der Waals surface area contributed by atoms with E-state index in [9.17, 15) is 8.42 Å². The average Bonchev–Trinajstić information content (AvgIpc) is 2.35. The second kappa shape index (κ2) is 6.39. The molecule has 0 aliphatic heterocycles. The van der Waals surface area contributed by atoms with E-state index in [2.05, 4.69) is 0 Å². The number of hydrogen-bond donors (Lipinski definition) is 1. The van der Waals surface area contributed by atoms with Crippen molar-refractivity contribution in [2.75, 3.05) is 25.6 Å². The van der Waals surface area contributed by atoms with E-state index in [0.29, 0.717) is 12.1 Å². The van der Waals surface area contributed by atoms with Crippen LogP contribution in [0.3, 0.4) is 0 Å². The molecule has 0 aliphatic carbocycles. The largest absolute Gasteiger partial charge is 0.392 e. The molecule has 1 N–H and O–H groups in total. The highest BCUT2D eigenvalue weighted by molar-refractivity contribution is 7.98. The van der Waals surface area contributed by atoms with Crippen molar-refractivity contribution in [1.29, 1.82) is 0 Å². The molecule has 0 unspecified atom stereocenters. The third-order valence-electron chi connectivity index (χ3n) is 2.42. The maximum absolute atomic E-state index is 12.1. The maximum Gasteiger partial charge on any atom is 0.242 e. The minimum absolute atomic E-state index is 0.0807. The molecule has 0 aromatic heterocycles. The van der Waals surface area contributed by atoms with Crippen molar-refractivity contribution < 1.29 is 13.5 Å². The number of aliphatic hydroxyl groups excluding tert-OH is 1. The standard InChI is InChI=1S/C11H17NO3S2/c1-12(7-8-16-2)17(14,15)11-5-3-10(9-13)4-6-11/h3-6,13H,7-9H2,1-2H3. The van der Waals surface area contributed by atoms with E-state index in [0.717, 1.165) is 5.75 Å². The molecule has 0 saturated heterocycles. The van der Waals surface area contributed by atoms with Gasteiger partial charge in [-0.05, 0) is 24.0 Å². The molecule has 1 rings (SSSR count). The summed E-state index contributed by atoms with van der Waals surface area (Å²) >= 11 is 1.61. The Morgan fingerprint density at radius 2 is 1.88 bits per heavy atom. The molecule has 1 aromatic carbocycles. The van der Waals surface area contributed by atoms with E-state index in [1.807, 2.05) is 6.26 Å². The number of nitrogens with zero attached hydrogens (tertiary/aromatic N) is 1. The lowest BCUT2D eigenvalue weighted by molar-refractivity contribution is 0.281. The molecular weight excluding hydrogens is 258 g/mol. The molecule has 0 amide bonds. The second-order valence-electron chi connectivity index (χ2n) is 3.62. The number of sulfonamides is 1. The second-order valence-corrected chi connectivity index (χ2v) is 6.65. The number of benzene rings is 1. The van der Waals surface area contributed by atoms with Crippen molar-refractivity contribution in [1.82, 2.24) is 4.31 Å². The zero-order valence-electron chi connectivity index (χ0n) is 9.96. The van der Waals surface area contributed by atoms with E-state index < -0.39 is 10.0 Å². The Morgan fingerprint density at radius 1 is 1.29 bits per heavy atom. The minimum atomic E-state index is -3.40. The molecule has 0 atom stereocenters. The fraction of sp³-hybridized carbons (Fsp3) is 0.455. The molecule has 0 heterocycles. The van der Waals surface area contributed by atoms with Crippen LogP contribution in [0, 0.1) is 0 Å². The van der Waals surface area contributed by atoms with Crippen LogP contribution < -0.4 is 0 Å². The first-order valence-electron chi connectivity index (χ1n) is 5.17. The van der Waals surface area contributed by atoms with Gasteiger partial charge >= 0.3 is 0 Å². The molecule has 0 saturated carbocycles. The van der Waals surface area contributed by atoms with Gasteiger partial charge in [-0.3, -0.25) is 0 Å². The van der Waals surface area contributed by atoms with E-state index in [4.69, 9.17) is 5.11 Å². The van der Waals surface area contributed by atoms with Crippen LogP contribution in [-0.2, 0) is 16.6 Å². The molecule has 4 nitrogen and oxygen atoms in total. The van der Waals surface area contributed by atoms with Gasteiger partial charge in [0.15, 0.2) is 0 Å². The lowest BCUT2D eigenvalue weighted by Crippen LogP contribution is -2.29. The highest BCUT2D eigenvalue weighted by atomic mass is 32.2. The van der Waals surface area contributed by atoms with Crippen molar-refractivity contribution in [2.45, 2.75) is 11.5 Å². The van der Waals surface area contributed by atoms with Gasteiger partial charge in [0.1, 0.15) is 0 Å². The summed E-state index contributed by atoms with van der Waals surface area (Å²) in [6, 6.07) is 6.29. The predicted octanol–water partition coefficient (Wildman–Crippen LogP) is 1.16. The average molecular weight is 275 g/mol. The smallest absolute Gasteiger partial charge is 0.242 e. The molecule has 1 aromatic rings. The summed E-state index contributed by atoms with van der Waals surface area (Å²) in [5.74, 6) is 0.768. The van der Waals surface area contributed by atoms with Gasteiger partial charge in [0.2, 0.25) is 10.0 Å². The van der Waals surface area contributed by atoms with Gasteiger partial charge in [-0.25, -0.2) is 12.7 Å². The van der Waals surface area contributed by atoms with Crippen molar-refractivity contribution >= 4 is 21.8 Å². The van der Waals surface area contributed by atoms with Gasteiger partial charge in [-0.15, -0.1) is 0 Å². The van der Waals surface area contributed by atoms with Crippen LogP contribution >= 0.6 is 11.8 Å². The van der Waals surface area contributed by atoms with E-state index in [-0.39, 0.29) is 11.5 Å². The fourth-order valence-corrected chi connectivity index (χ4v) is 3.03. The molecule has 0 bridgehead atoms. The SMILES string of the molecule is CSCCN(C)S(=O)(=O)c1ccc(CO)cc1. The van der Waals surface area contributed by atoms with Gasteiger partial charge < -0.3 is 5.11 Å². The molecular formula is C11H17NO3S2. The quantitative estimate of drug-likeness (QED) is 0.846.